The van der Waals surface area contributed by atoms with Crippen LogP contribution in [0.25, 0.3) is 10.8 Å². The zero-order valence-electron chi connectivity index (χ0n) is 11.1. The standard InChI is InChI=1S/C12H15N3O2S.2ClH/c1-7(6-13)14-11(16)10-8(2)18-12(15-10)9-4-3-5-17-9;;/h3-5,7H,6,13H2,1-2H3,(H,14,16);2*1H/t7-;;/m0../s1. The minimum atomic E-state index is -0.195. The Morgan fingerprint density at radius 1 is 1.55 bits per heavy atom. The Kier molecular flexibility index (Phi) is 7.82. The summed E-state index contributed by atoms with van der Waals surface area (Å²) in [5.41, 5.74) is 5.91. The molecular formula is C12H17Cl2N3O2S. The van der Waals surface area contributed by atoms with Crippen LogP contribution in [0.3, 0.4) is 0 Å². The van der Waals surface area contributed by atoms with Gasteiger partial charge in [0, 0.05) is 17.5 Å². The Labute approximate surface area is 133 Å². The minimum Gasteiger partial charge on any atom is -0.462 e. The number of amides is 1. The number of nitrogens with one attached hydrogen (secondary N) is 1. The van der Waals surface area contributed by atoms with Gasteiger partial charge in [-0.05, 0) is 26.0 Å². The van der Waals surface area contributed by atoms with Crippen LogP contribution in [0.2, 0.25) is 0 Å². The molecule has 2 heterocycles. The second kappa shape index (κ2) is 8.26. The summed E-state index contributed by atoms with van der Waals surface area (Å²) in [6.07, 6.45) is 1.59. The maximum absolute atomic E-state index is 12.0. The maximum atomic E-state index is 12.0. The van der Waals surface area contributed by atoms with E-state index in [1.807, 2.05) is 19.9 Å². The van der Waals surface area contributed by atoms with Gasteiger partial charge in [0.2, 0.25) is 0 Å². The summed E-state index contributed by atoms with van der Waals surface area (Å²) >= 11 is 1.44. The van der Waals surface area contributed by atoms with Gasteiger partial charge in [-0.25, -0.2) is 4.98 Å². The normalized spacial score (nSPS) is 11.2. The molecule has 0 radical (unpaired) electrons. The second-order valence-electron chi connectivity index (χ2n) is 4.01. The molecule has 0 aliphatic carbocycles. The number of hydrogen-bond donors (Lipinski definition) is 2. The maximum Gasteiger partial charge on any atom is 0.271 e. The Balaban J connectivity index is 0.00000180. The highest BCUT2D eigenvalue weighted by Gasteiger charge is 2.18. The lowest BCUT2D eigenvalue weighted by Crippen LogP contribution is -2.38. The van der Waals surface area contributed by atoms with Crippen molar-refractivity contribution in [3.05, 3.63) is 29.0 Å². The number of furan rings is 1. The van der Waals surface area contributed by atoms with Crippen molar-refractivity contribution in [2.75, 3.05) is 6.54 Å². The van der Waals surface area contributed by atoms with E-state index in [4.69, 9.17) is 10.2 Å². The van der Waals surface area contributed by atoms with E-state index in [9.17, 15) is 4.79 Å². The number of thiazole rings is 1. The van der Waals surface area contributed by atoms with Gasteiger partial charge >= 0.3 is 0 Å². The summed E-state index contributed by atoms with van der Waals surface area (Å²) in [6, 6.07) is 3.55. The molecular weight excluding hydrogens is 321 g/mol. The van der Waals surface area contributed by atoms with Crippen LogP contribution in [0.5, 0.6) is 0 Å². The van der Waals surface area contributed by atoms with Gasteiger partial charge in [0.1, 0.15) is 5.69 Å². The molecule has 20 heavy (non-hydrogen) atoms. The van der Waals surface area contributed by atoms with Crippen molar-refractivity contribution >= 4 is 42.1 Å². The minimum absolute atomic E-state index is 0. The summed E-state index contributed by atoms with van der Waals surface area (Å²) in [5.74, 6) is 0.480. The first-order valence-corrected chi connectivity index (χ1v) is 6.45. The molecule has 3 N–H and O–H groups in total. The first-order valence-electron chi connectivity index (χ1n) is 5.64. The molecule has 2 rings (SSSR count). The summed E-state index contributed by atoms with van der Waals surface area (Å²) in [6.45, 7) is 4.12. The first-order chi connectivity index (χ1) is 8.61. The Morgan fingerprint density at radius 3 is 2.80 bits per heavy atom. The summed E-state index contributed by atoms with van der Waals surface area (Å²) in [5, 5.41) is 3.51. The molecule has 5 nitrogen and oxygen atoms in total. The van der Waals surface area contributed by atoms with Crippen LogP contribution in [0.4, 0.5) is 0 Å². The zero-order chi connectivity index (χ0) is 13.1. The number of nitrogens with zero attached hydrogens (tertiary/aromatic N) is 1. The summed E-state index contributed by atoms with van der Waals surface area (Å²) in [4.78, 5) is 17.1. The molecule has 0 aliphatic rings. The van der Waals surface area contributed by atoms with Gasteiger partial charge in [0.05, 0.1) is 6.26 Å². The van der Waals surface area contributed by atoms with Crippen LogP contribution in [0.15, 0.2) is 22.8 Å². The lowest BCUT2D eigenvalue weighted by Gasteiger charge is -2.09. The molecule has 1 amide bonds. The molecule has 0 fully saturated rings. The predicted molar refractivity (Wildman–Crippen MR) is 85.0 cm³/mol. The molecule has 0 unspecified atom stereocenters. The Hall–Kier alpha value is -1.08. The summed E-state index contributed by atoms with van der Waals surface area (Å²) in [7, 11) is 0. The van der Waals surface area contributed by atoms with Crippen molar-refractivity contribution in [1.29, 1.82) is 0 Å². The SMILES string of the molecule is Cc1sc(-c2ccco2)nc1C(=O)N[C@@H](C)CN.Cl.Cl. The largest absolute Gasteiger partial charge is 0.462 e. The van der Waals surface area contributed by atoms with Crippen LogP contribution in [0, 0.1) is 6.92 Å². The Bertz CT molecular complexity index is 543. The zero-order valence-corrected chi connectivity index (χ0v) is 13.5. The van der Waals surface area contributed by atoms with E-state index in [0.717, 1.165) is 4.88 Å². The van der Waals surface area contributed by atoms with Crippen molar-refractivity contribution in [3.63, 3.8) is 0 Å². The van der Waals surface area contributed by atoms with Crippen molar-refractivity contribution in [2.45, 2.75) is 19.9 Å². The average Bonchev–Trinajstić information content (AvgIpc) is 2.97. The number of hydrogen-bond acceptors (Lipinski definition) is 5. The fraction of sp³-hybridized carbons (Fsp3) is 0.333. The number of halogens is 2. The van der Waals surface area contributed by atoms with E-state index in [2.05, 4.69) is 10.3 Å². The van der Waals surface area contributed by atoms with Gasteiger partial charge in [-0.3, -0.25) is 4.79 Å². The first kappa shape index (κ1) is 18.9. The van der Waals surface area contributed by atoms with Gasteiger partial charge in [-0.1, -0.05) is 0 Å². The molecule has 2 aromatic heterocycles. The van der Waals surface area contributed by atoms with Gasteiger partial charge < -0.3 is 15.5 Å². The highest BCUT2D eigenvalue weighted by molar-refractivity contribution is 7.15. The number of aryl methyl sites for hydroxylation is 1. The van der Waals surface area contributed by atoms with Crippen molar-refractivity contribution in [3.8, 4) is 10.8 Å². The fourth-order valence-corrected chi connectivity index (χ4v) is 2.34. The lowest BCUT2D eigenvalue weighted by molar-refractivity contribution is 0.0936. The quantitative estimate of drug-likeness (QED) is 0.898. The molecule has 0 bridgehead atoms. The number of aromatic nitrogens is 1. The van der Waals surface area contributed by atoms with Crippen LogP contribution in [-0.2, 0) is 0 Å². The van der Waals surface area contributed by atoms with Crippen molar-refractivity contribution in [2.24, 2.45) is 5.73 Å². The number of rotatable bonds is 4. The average molecular weight is 338 g/mol. The number of carbonyl (C=O) groups excluding carboxylic acids is 1. The Morgan fingerprint density at radius 2 is 2.25 bits per heavy atom. The second-order valence-corrected chi connectivity index (χ2v) is 5.21. The van der Waals surface area contributed by atoms with E-state index >= 15 is 0 Å². The molecule has 0 saturated carbocycles. The van der Waals surface area contributed by atoms with Gasteiger partial charge in [-0.15, -0.1) is 36.2 Å². The molecule has 0 aliphatic heterocycles. The highest BCUT2D eigenvalue weighted by Crippen LogP contribution is 2.27. The lowest BCUT2D eigenvalue weighted by atomic mass is 10.3. The third-order valence-corrected chi connectivity index (χ3v) is 3.46. The van der Waals surface area contributed by atoms with E-state index in [1.54, 1.807) is 12.3 Å². The molecule has 112 valence electrons. The van der Waals surface area contributed by atoms with Gasteiger partial charge in [0.25, 0.3) is 5.91 Å². The van der Waals surface area contributed by atoms with E-state index in [-0.39, 0.29) is 36.8 Å². The topological polar surface area (TPSA) is 81.2 Å². The third kappa shape index (κ3) is 4.21. The predicted octanol–water partition coefficient (Wildman–Crippen LogP) is 2.63. The van der Waals surface area contributed by atoms with Crippen LogP contribution >= 0.6 is 36.2 Å². The van der Waals surface area contributed by atoms with E-state index in [1.165, 1.54) is 11.3 Å². The van der Waals surface area contributed by atoms with Crippen LogP contribution in [-0.4, -0.2) is 23.5 Å². The number of nitrogens with two attached hydrogens (primary N) is 1. The molecule has 2 aromatic rings. The van der Waals surface area contributed by atoms with Crippen LogP contribution in [0.1, 0.15) is 22.3 Å². The molecule has 0 spiro atoms. The molecule has 1 atom stereocenters. The fourth-order valence-electron chi connectivity index (χ4n) is 1.46. The van der Waals surface area contributed by atoms with Crippen molar-refractivity contribution in [1.82, 2.24) is 10.3 Å². The molecule has 0 aromatic carbocycles. The third-order valence-electron chi connectivity index (χ3n) is 2.47. The summed E-state index contributed by atoms with van der Waals surface area (Å²) < 4.78 is 5.27. The van der Waals surface area contributed by atoms with Gasteiger partial charge in [0.15, 0.2) is 10.8 Å². The van der Waals surface area contributed by atoms with Crippen molar-refractivity contribution < 1.29 is 9.21 Å². The van der Waals surface area contributed by atoms with Crippen LogP contribution < -0.4 is 11.1 Å². The van der Waals surface area contributed by atoms with E-state index in [0.29, 0.717) is 23.0 Å². The monoisotopic (exact) mass is 337 g/mol. The smallest absolute Gasteiger partial charge is 0.271 e. The highest BCUT2D eigenvalue weighted by atomic mass is 35.5. The number of carbonyl (C=O) groups is 1. The molecule has 0 saturated heterocycles. The molecule has 8 heteroatoms. The van der Waals surface area contributed by atoms with E-state index < -0.39 is 0 Å². The van der Waals surface area contributed by atoms with Gasteiger partial charge in [-0.2, -0.15) is 0 Å².